The maximum Gasteiger partial charge on any atom is 0.326 e. The van der Waals surface area contributed by atoms with Crippen LogP contribution in [-0.4, -0.2) is 80.7 Å². The number of para-hydroxylation sites is 1. The Labute approximate surface area is 212 Å². The van der Waals surface area contributed by atoms with E-state index in [2.05, 4.69) is 20.9 Å². The van der Waals surface area contributed by atoms with Crippen LogP contribution in [0.3, 0.4) is 0 Å². The molecule has 13 nitrogen and oxygen atoms in total. The molecule has 13 heteroatoms. The second-order valence-corrected chi connectivity index (χ2v) is 8.78. The summed E-state index contributed by atoms with van der Waals surface area (Å²) in [5, 5.41) is 35.9. The fourth-order valence-electron chi connectivity index (χ4n) is 3.68. The van der Waals surface area contributed by atoms with Crippen LogP contribution in [-0.2, 0) is 30.4 Å². The molecule has 2 rings (SSSR count). The standard InChI is InChI=1S/C24H33N5O8/c1-3-12(2)20(29-21(33)15(25)11-30)23(35)27-17(9-19(31)32)22(34)28-18(24(36)37)8-13-10-26-16-7-5-4-6-14(13)16/h4-7,10,12,15,17-18,20,26,30H,3,8-9,11,25H2,1-2H3,(H,27,35)(H,28,34)(H,29,33)(H,31,32)(H,36,37). The Bertz CT molecular complexity index is 1130. The summed E-state index contributed by atoms with van der Waals surface area (Å²) >= 11 is 0. The zero-order valence-electron chi connectivity index (χ0n) is 20.6. The maximum atomic E-state index is 13.0. The van der Waals surface area contributed by atoms with E-state index in [1.165, 1.54) is 0 Å². The number of H-pyrrole nitrogens is 1. The molecule has 5 atom stereocenters. The molecular weight excluding hydrogens is 486 g/mol. The van der Waals surface area contributed by atoms with Crippen LogP contribution >= 0.6 is 0 Å². The molecule has 0 fully saturated rings. The number of aliphatic carboxylic acids is 2. The first-order valence-corrected chi connectivity index (χ1v) is 11.8. The van der Waals surface area contributed by atoms with Crippen LogP contribution in [0.5, 0.6) is 0 Å². The number of aromatic amines is 1. The van der Waals surface area contributed by atoms with Crippen molar-refractivity contribution in [3.63, 3.8) is 0 Å². The van der Waals surface area contributed by atoms with E-state index in [1.54, 1.807) is 32.2 Å². The Hall–Kier alpha value is -3.97. The van der Waals surface area contributed by atoms with Gasteiger partial charge in [0.15, 0.2) is 0 Å². The molecule has 0 spiro atoms. The van der Waals surface area contributed by atoms with Gasteiger partial charge in [-0.3, -0.25) is 19.2 Å². The van der Waals surface area contributed by atoms with Crippen LogP contribution in [0.1, 0.15) is 32.3 Å². The highest BCUT2D eigenvalue weighted by atomic mass is 16.4. The summed E-state index contributed by atoms with van der Waals surface area (Å²) in [5.41, 5.74) is 6.91. The molecule has 37 heavy (non-hydrogen) atoms. The molecule has 2 aromatic rings. The second-order valence-electron chi connectivity index (χ2n) is 8.78. The third-order valence-corrected chi connectivity index (χ3v) is 6.05. The highest BCUT2D eigenvalue weighted by molar-refractivity contribution is 5.96. The number of hydrogen-bond acceptors (Lipinski definition) is 7. The SMILES string of the molecule is CCC(C)C(NC(=O)C(N)CO)C(=O)NC(CC(=O)O)C(=O)NC(Cc1c[nH]c2ccccc12)C(=O)O. The molecule has 0 radical (unpaired) electrons. The zero-order valence-corrected chi connectivity index (χ0v) is 20.6. The van der Waals surface area contributed by atoms with Gasteiger partial charge < -0.3 is 42.0 Å². The lowest BCUT2D eigenvalue weighted by Gasteiger charge is -2.27. The molecule has 0 aliphatic heterocycles. The van der Waals surface area contributed by atoms with Gasteiger partial charge in [-0.05, 0) is 17.5 Å². The van der Waals surface area contributed by atoms with Gasteiger partial charge in [0.1, 0.15) is 24.2 Å². The minimum Gasteiger partial charge on any atom is -0.481 e. The van der Waals surface area contributed by atoms with Gasteiger partial charge in [-0.15, -0.1) is 0 Å². The van der Waals surface area contributed by atoms with Crippen molar-refractivity contribution in [1.29, 1.82) is 0 Å². The van der Waals surface area contributed by atoms with Crippen LogP contribution in [0, 0.1) is 5.92 Å². The third-order valence-electron chi connectivity index (χ3n) is 6.05. The van der Waals surface area contributed by atoms with Crippen LogP contribution in [0.25, 0.3) is 10.9 Å². The van der Waals surface area contributed by atoms with Gasteiger partial charge in [-0.2, -0.15) is 0 Å². The number of aliphatic hydroxyl groups excluding tert-OH is 1. The van der Waals surface area contributed by atoms with Crippen molar-refractivity contribution in [3.05, 3.63) is 36.0 Å². The summed E-state index contributed by atoms with van der Waals surface area (Å²) in [4.78, 5) is 64.4. The first-order valence-electron chi connectivity index (χ1n) is 11.8. The van der Waals surface area contributed by atoms with Gasteiger partial charge in [0, 0.05) is 23.5 Å². The van der Waals surface area contributed by atoms with Crippen LogP contribution < -0.4 is 21.7 Å². The van der Waals surface area contributed by atoms with E-state index in [9.17, 15) is 34.2 Å². The van der Waals surface area contributed by atoms with Gasteiger partial charge in [-0.25, -0.2) is 4.79 Å². The Morgan fingerprint density at radius 3 is 2.22 bits per heavy atom. The van der Waals surface area contributed by atoms with Crippen LogP contribution in [0.15, 0.2) is 30.5 Å². The molecule has 0 saturated heterocycles. The second kappa shape index (κ2) is 13.4. The number of carbonyl (C=O) groups excluding carboxylic acids is 3. The summed E-state index contributed by atoms with van der Waals surface area (Å²) in [5.74, 6) is -5.84. The van der Waals surface area contributed by atoms with E-state index in [-0.39, 0.29) is 6.42 Å². The maximum absolute atomic E-state index is 13.0. The summed E-state index contributed by atoms with van der Waals surface area (Å²) in [6.07, 6.45) is 1.14. The first-order chi connectivity index (χ1) is 17.5. The molecule has 9 N–H and O–H groups in total. The minimum atomic E-state index is -1.62. The fraction of sp³-hybridized carbons (Fsp3) is 0.458. The highest BCUT2D eigenvalue weighted by Gasteiger charge is 2.33. The average molecular weight is 520 g/mol. The number of fused-ring (bicyclic) bond motifs is 1. The van der Waals surface area contributed by atoms with Gasteiger partial charge in [0.25, 0.3) is 0 Å². The van der Waals surface area contributed by atoms with Crippen LogP contribution in [0.2, 0.25) is 0 Å². The number of rotatable bonds is 14. The predicted molar refractivity (Wildman–Crippen MR) is 132 cm³/mol. The minimum absolute atomic E-state index is 0.0938. The topological polar surface area (TPSA) is 224 Å². The Morgan fingerprint density at radius 1 is 0.973 bits per heavy atom. The molecule has 0 saturated carbocycles. The number of nitrogens with one attached hydrogen (secondary N) is 4. The van der Waals surface area contributed by atoms with Gasteiger partial charge in [0.2, 0.25) is 17.7 Å². The number of nitrogens with two attached hydrogens (primary N) is 1. The predicted octanol–water partition coefficient (Wildman–Crippen LogP) is -0.910. The van der Waals surface area contributed by atoms with Crippen molar-refractivity contribution < 1.29 is 39.3 Å². The number of carboxylic acid groups (broad SMARTS) is 2. The number of amides is 3. The van der Waals surface area contributed by atoms with Crippen molar-refractivity contribution in [2.75, 3.05) is 6.61 Å². The highest BCUT2D eigenvalue weighted by Crippen LogP contribution is 2.19. The molecule has 0 aliphatic carbocycles. The number of aromatic nitrogens is 1. The van der Waals surface area contributed by atoms with E-state index < -0.39 is 72.8 Å². The monoisotopic (exact) mass is 519 g/mol. The number of benzene rings is 1. The zero-order chi connectivity index (χ0) is 27.7. The van der Waals surface area contributed by atoms with Crippen molar-refractivity contribution in [3.8, 4) is 0 Å². The number of carbonyl (C=O) groups is 5. The van der Waals surface area contributed by atoms with E-state index in [1.807, 2.05) is 12.1 Å². The first kappa shape index (κ1) is 29.3. The lowest BCUT2D eigenvalue weighted by Crippen LogP contribution is -2.59. The quantitative estimate of drug-likeness (QED) is 0.154. The summed E-state index contributed by atoms with van der Waals surface area (Å²) < 4.78 is 0. The molecule has 0 aliphatic rings. The average Bonchev–Trinajstić information content (AvgIpc) is 3.27. The molecular formula is C24H33N5O8. The molecule has 1 aromatic heterocycles. The molecule has 3 amide bonds. The molecule has 202 valence electrons. The van der Waals surface area contributed by atoms with E-state index in [4.69, 9.17) is 10.8 Å². The van der Waals surface area contributed by atoms with Gasteiger partial charge in [-0.1, -0.05) is 38.5 Å². The Kier molecular flexibility index (Phi) is 10.6. The van der Waals surface area contributed by atoms with Gasteiger partial charge in [0.05, 0.1) is 13.0 Å². The van der Waals surface area contributed by atoms with Crippen molar-refractivity contribution in [2.24, 2.45) is 11.7 Å². The summed E-state index contributed by atoms with van der Waals surface area (Å²) in [6.45, 7) is 2.76. The largest absolute Gasteiger partial charge is 0.481 e. The molecule has 1 aromatic carbocycles. The molecule has 0 bridgehead atoms. The molecule has 1 heterocycles. The summed E-state index contributed by atoms with van der Waals surface area (Å²) in [6, 6.07) is 1.71. The van der Waals surface area contributed by atoms with Gasteiger partial charge >= 0.3 is 11.9 Å². The lowest BCUT2D eigenvalue weighted by molar-refractivity contribution is -0.143. The smallest absolute Gasteiger partial charge is 0.326 e. The summed E-state index contributed by atoms with van der Waals surface area (Å²) in [7, 11) is 0. The van der Waals surface area contributed by atoms with Crippen molar-refractivity contribution in [2.45, 2.75) is 57.3 Å². The van der Waals surface area contributed by atoms with E-state index in [0.29, 0.717) is 12.0 Å². The van der Waals surface area contributed by atoms with E-state index >= 15 is 0 Å². The lowest BCUT2D eigenvalue weighted by atomic mass is 9.97. The van der Waals surface area contributed by atoms with E-state index in [0.717, 1.165) is 10.9 Å². The third kappa shape index (κ3) is 8.02. The number of aliphatic hydroxyl groups is 1. The number of hydrogen-bond donors (Lipinski definition) is 8. The van der Waals surface area contributed by atoms with Crippen molar-refractivity contribution in [1.82, 2.24) is 20.9 Å². The molecule has 5 unspecified atom stereocenters. The Morgan fingerprint density at radius 2 is 1.62 bits per heavy atom. The van der Waals surface area contributed by atoms with Crippen LogP contribution in [0.4, 0.5) is 0 Å². The van der Waals surface area contributed by atoms with Crippen molar-refractivity contribution >= 4 is 40.6 Å². The fourth-order valence-corrected chi connectivity index (χ4v) is 3.68. The normalized spacial score (nSPS) is 15.1. The number of carboxylic acids is 2. The Balaban J connectivity index is 2.20.